The third kappa shape index (κ3) is 6.69. The first-order valence-corrected chi connectivity index (χ1v) is 12.6. The normalized spacial score (nSPS) is 17.1. The van der Waals surface area contributed by atoms with Crippen molar-refractivity contribution in [2.75, 3.05) is 18.6 Å². The number of benzene rings is 2. The predicted octanol–water partition coefficient (Wildman–Crippen LogP) is 4.79. The number of carbonyl (C=O) groups is 2. The Morgan fingerprint density at radius 2 is 1.74 bits per heavy atom. The van der Waals surface area contributed by atoms with Crippen molar-refractivity contribution in [3.63, 3.8) is 0 Å². The molecule has 1 aliphatic rings. The van der Waals surface area contributed by atoms with Crippen molar-refractivity contribution in [1.82, 2.24) is 9.88 Å². The fourth-order valence-electron chi connectivity index (χ4n) is 4.73. The minimum atomic E-state index is -4.52. The molecule has 4 rings (SSSR count). The van der Waals surface area contributed by atoms with Crippen molar-refractivity contribution in [3.8, 4) is 11.5 Å². The number of carbonyl (C=O) groups excluding carboxylic acids is 2. The Kier molecular flexibility index (Phi) is 8.83. The number of ether oxygens (including phenoxy) is 2. The molecule has 0 radical (unpaired) electrons. The number of hydrogen-bond donors (Lipinski definition) is 1. The summed E-state index contributed by atoms with van der Waals surface area (Å²) in [5.74, 6) is -3.40. The van der Waals surface area contributed by atoms with Gasteiger partial charge in [0, 0.05) is 36.8 Å². The summed E-state index contributed by atoms with van der Waals surface area (Å²) >= 11 is 0. The number of methoxy groups -OCH3 is 1. The molecule has 2 amide bonds. The average Bonchev–Trinajstić information content (AvgIpc) is 3.22. The number of amides is 2. The molecule has 1 N–H and O–H groups in total. The highest BCUT2D eigenvalue weighted by Gasteiger charge is 2.45. The Labute approximate surface area is 235 Å². The Hall–Kier alpha value is -4.49. The highest BCUT2D eigenvalue weighted by molar-refractivity contribution is 6.05. The van der Waals surface area contributed by atoms with Crippen molar-refractivity contribution in [1.29, 1.82) is 0 Å². The first-order valence-electron chi connectivity index (χ1n) is 12.6. The van der Waals surface area contributed by atoms with Crippen LogP contribution in [0.4, 0.5) is 32.0 Å². The molecule has 224 valence electrons. The fraction of sp³-hybridized carbons (Fsp3) is 0.321. The van der Waals surface area contributed by atoms with Crippen LogP contribution >= 0.6 is 0 Å². The molecular formula is C28H25F6N3O5. The number of pyridine rings is 1. The summed E-state index contributed by atoms with van der Waals surface area (Å²) in [6, 6.07) is 8.51. The summed E-state index contributed by atoms with van der Waals surface area (Å²) in [7, 11) is 1.33. The molecule has 0 aliphatic carbocycles. The van der Waals surface area contributed by atoms with Crippen molar-refractivity contribution in [3.05, 3.63) is 87.6 Å². The Morgan fingerprint density at radius 1 is 1.07 bits per heavy atom. The van der Waals surface area contributed by atoms with E-state index in [4.69, 9.17) is 4.74 Å². The highest BCUT2D eigenvalue weighted by Crippen LogP contribution is 2.35. The molecular weight excluding hydrogens is 572 g/mol. The van der Waals surface area contributed by atoms with E-state index in [9.17, 15) is 36.3 Å². The third-order valence-corrected chi connectivity index (χ3v) is 6.80. The molecule has 3 aromatic rings. The van der Waals surface area contributed by atoms with Crippen molar-refractivity contribution in [2.45, 2.75) is 44.6 Å². The SMILES string of the molecule is COc1ccc([C@@H]2CN(c3c(C)ccn(CCC(F)(F)F)c3=O)C(=O)[C@H]2NC(=O)c2ccc(OC(F)F)cc2)c(F)c1. The van der Waals surface area contributed by atoms with Gasteiger partial charge < -0.3 is 24.3 Å². The standard InChI is InChI=1S/C28H25F6N3O5/c1-15-9-11-36(12-10-28(32,33)34)26(40)23(15)37-14-20(19-8-7-18(41-2)13-21(19)29)22(25(37)39)35-24(38)16-3-5-17(6-4-16)42-27(30)31/h3-9,11,13,20,22,27H,10,12,14H2,1-2H3,(H,35,38)/t20-,22-/m0/s1. The number of anilines is 1. The van der Waals surface area contributed by atoms with E-state index in [-0.39, 0.29) is 40.4 Å². The lowest BCUT2D eigenvalue weighted by Gasteiger charge is -2.20. The van der Waals surface area contributed by atoms with Crippen LogP contribution in [0.5, 0.6) is 11.5 Å². The number of alkyl halides is 5. The maximum atomic E-state index is 15.2. The van der Waals surface area contributed by atoms with Gasteiger partial charge in [0.15, 0.2) is 0 Å². The number of halogens is 6. The van der Waals surface area contributed by atoms with Gasteiger partial charge in [0.05, 0.1) is 13.5 Å². The molecule has 0 unspecified atom stereocenters. The Morgan fingerprint density at radius 3 is 2.33 bits per heavy atom. The van der Waals surface area contributed by atoms with Gasteiger partial charge in [0.2, 0.25) is 5.91 Å². The second-order valence-corrected chi connectivity index (χ2v) is 9.51. The largest absolute Gasteiger partial charge is 0.497 e. The van der Waals surface area contributed by atoms with Crippen LogP contribution in [0.15, 0.2) is 59.5 Å². The van der Waals surface area contributed by atoms with Gasteiger partial charge in [-0.2, -0.15) is 22.0 Å². The average molecular weight is 598 g/mol. The van der Waals surface area contributed by atoms with E-state index >= 15 is 4.39 Å². The van der Waals surface area contributed by atoms with Gasteiger partial charge in [-0.05, 0) is 54.4 Å². The maximum Gasteiger partial charge on any atom is 0.390 e. The monoisotopic (exact) mass is 597 g/mol. The van der Waals surface area contributed by atoms with Crippen LogP contribution in [0.1, 0.15) is 33.8 Å². The zero-order valence-electron chi connectivity index (χ0n) is 22.3. The maximum absolute atomic E-state index is 15.2. The lowest BCUT2D eigenvalue weighted by atomic mass is 9.93. The molecule has 0 saturated carbocycles. The number of nitrogens with zero attached hydrogens (tertiary/aromatic N) is 2. The van der Waals surface area contributed by atoms with Crippen LogP contribution in [-0.2, 0) is 11.3 Å². The van der Waals surface area contributed by atoms with Gasteiger partial charge in [0.1, 0.15) is 29.0 Å². The van der Waals surface area contributed by atoms with Crippen LogP contribution < -0.4 is 25.2 Å². The van der Waals surface area contributed by atoms with Gasteiger partial charge in [-0.25, -0.2) is 4.39 Å². The Balaban J connectivity index is 1.70. The lowest BCUT2D eigenvalue weighted by molar-refractivity contribution is -0.136. The van der Waals surface area contributed by atoms with Gasteiger partial charge in [0.25, 0.3) is 11.5 Å². The molecule has 8 nitrogen and oxygen atoms in total. The van der Waals surface area contributed by atoms with Gasteiger partial charge in [-0.3, -0.25) is 14.4 Å². The Bertz CT molecular complexity index is 1520. The van der Waals surface area contributed by atoms with E-state index in [1.807, 2.05) is 0 Å². The highest BCUT2D eigenvalue weighted by atomic mass is 19.4. The van der Waals surface area contributed by atoms with E-state index in [0.717, 1.165) is 27.7 Å². The molecule has 0 spiro atoms. The molecule has 14 heteroatoms. The molecule has 2 aromatic carbocycles. The molecule has 1 fully saturated rings. The zero-order valence-corrected chi connectivity index (χ0v) is 22.3. The second-order valence-electron chi connectivity index (χ2n) is 9.51. The van der Waals surface area contributed by atoms with E-state index in [1.54, 1.807) is 0 Å². The van der Waals surface area contributed by atoms with E-state index in [0.29, 0.717) is 0 Å². The van der Waals surface area contributed by atoms with Crippen LogP contribution in [-0.4, -0.2) is 48.9 Å². The van der Waals surface area contributed by atoms with E-state index in [1.165, 1.54) is 50.6 Å². The summed E-state index contributed by atoms with van der Waals surface area (Å²) in [4.78, 5) is 41.1. The first kappa shape index (κ1) is 30.5. The summed E-state index contributed by atoms with van der Waals surface area (Å²) in [5, 5.41) is 2.53. The lowest BCUT2D eigenvalue weighted by Crippen LogP contribution is -2.44. The quantitative estimate of drug-likeness (QED) is 0.359. The summed E-state index contributed by atoms with van der Waals surface area (Å²) in [5.41, 5.74) is -0.782. The number of rotatable bonds is 9. The van der Waals surface area contributed by atoms with Crippen molar-refractivity contribution < 1.29 is 45.4 Å². The number of aromatic nitrogens is 1. The van der Waals surface area contributed by atoms with Crippen LogP contribution in [0.2, 0.25) is 0 Å². The van der Waals surface area contributed by atoms with Crippen LogP contribution in [0.3, 0.4) is 0 Å². The number of hydrogen-bond acceptors (Lipinski definition) is 5. The van der Waals surface area contributed by atoms with Gasteiger partial charge in [-0.1, -0.05) is 6.07 Å². The molecule has 2 atom stereocenters. The molecule has 42 heavy (non-hydrogen) atoms. The summed E-state index contributed by atoms with van der Waals surface area (Å²) < 4.78 is 88.8. The van der Waals surface area contributed by atoms with E-state index < -0.39 is 60.9 Å². The van der Waals surface area contributed by atoms with Crippen molar-refractivity contribution >= 4 is 17.5 Å². The van der Waals surface area contributed by atoms with Crippen LogP contribution in [0, 0.1) is 12.7 Å². The van der Waals surface area contributed by atoms with Gasteiger partial charge >= 0.3 is 12.8 Å². The molecule has 1 aliphatic heterocycles. The fourth-order valence-corrected chi connectivity index (χ4v) is 4.73. The molecule has 1 aromatic heterocycles. The third-order valence-electron chi connectivity index (χ3n) is 6.80. The van der Waals surface area contributed by atoms with Crippen molar-refractivity contribution in [2.24, 2.45) is 0 Å². The number of aryl methyl sites for hydroxylation is 2. The van der Waals surface area contributed by atoms with Gasteiger partial charge in [-0.15, -0.1) is 0 Å². The molecule has 2 heterocycles. The smallest absolute Gasteiger partial charge is 0.390 e. The predicted molar refractivity (Wildman–Crippen MR) is 138 cm³/mol. The topological polar surface area (TPSA) is 89.9 Å². The molecule has 1 saturated heterocycles. The summed E-state index contributed by atoms with van der Waals surface area (Å²) in [6.45, 7) is -2.55. The summed E-state index contributed by atoms with van der Waals surface area (Å²) in [6.07, 6.45) is -4.61. The van der Waals surface area contributed by atoms with E-state index in [2.05, 4.69) is 10.1 Å². The first-order chi connectivity index (χ1) is 19.8. The van der Waals surface area contributed by atoms with Crippen LogP contribution in [0.25, 0.3) is 0 Å². The minimum Gasteiger partial charge on any atom is -0.497 e. The second kappa shape index (κ2) is 12.2. The minimum absolute atomic E-state index is 0.0172. The number of nitrogens with one attached hydrogen (secondary N) is 1. The molecule has 0 bridgehead atoms. The zero-order chi connectivity index (χ0) is 30.8.